The number of fused-ring (bicyclic) bond motifs is 1. The molecule has 3 aromatic heterocycles. The van der Waals surface area contributed by atoms with E-state index in [4.69, 9.17) is 4.74 Å². The van der Waals surface area contributed by atoms with Gasteiger partial charge in [-0.2, -0.15) is 0 Å². The minimum absolute atomic E-state index is 0.125. The maximum absolute atomic E-state index is 14.0. The quantitative estimate of drug-likeness (QED) is 0.466. The van der Waals surface area contributed by atoms with Gasteiger partial charge in [0.15, 0.2) is 17.3 Å². The van der Waals surface area contributed by atoms with Crippen molar-refractivity contribution in [3.05, 3.63) is 70.8 Å². The fourth-order valence-electron chi connectivity index (χ4n) is 2.92. The van der Waals surface area contributed by atoms with Crippen molar-refractivity contribution in [2.24, 2.45) is 7.05 Å². The number of H-pyrrole nitrogens is 1. The van der Waals surface area contributed by atoms with E-state index in [1.807, 2.05) is 5.48 Å². The van der Waals surface area contributed by atoms with Crippen LogP contribution in [0.5, 0.6) is 11.5 Å². The molecule has 0 bridgehead atoms. The van der Waals surface area contributed by atoms with Crippen molar-refractivity contribution in [3.8, 4) is 22.8 Å². The molecule has 0 unspecified atom stereocenters. The van der Waals surface area contributed by atoms with Gasteiger partial charge >= 0.3 is 0 Å². The van der Waals surface area contributed by atoms with Crippen LogP contribution in [0.2, 0.25) is 0 Å². The van der Waals surface area contributed by atoms with Crippen molar-refractivity contribution < 1.29 is 18.7 Å². The average Bonchev–Trinajstić information content (AvgIpc) is 3.17. The lowest BCUT2D eigenvalue weighted by Gasteiger charge is -2.14. The lowest BCUT2D eigenvalue weighted by atomic mass is 10.1. The molecule has 3 heterocycles. The van der Waals surface area contributed by atoms with E-state index in [9.17, 15) is 18.8 Å². The fourth-order valence-corrected chi connectivity index (χ4v) is 2.92. The van der Waals surface area contributed by atoms with E-state index in [0.717, 1.165) is 6.07 Å². The normalized spacial score (nSPS) is 11.0. The number of nitrogens with zero attached hydrogens (tertiary/aromatic N) is 2. The molecular formula is C19H14F2N4O3. The number of hydrogen-bond donors (Lipinski definition) is 3. The summed E-state index contributed by atoms with van der Waals surface area (Å²) in [6.45, 7) is 0. The Bertz CT molecular complexity index is 1250. The maximum atomic E-state index is 14.0. The van der Waals surface area contributed by atoms with Crippen LogP contribution >= 0.6 is 0 Å². The van der Waals surface area contributed by atoms with E-state index >= 15 is 0 Å². The summed E-state index contributed by atoms with van der Waals surface area (Å²) in [5.41, 5.74) is 2.86. The average molecular weight is 384 g/mol. The number of anilines is 1. The molecule has 4 aromatic rings. The molecule has 3 N–H and O–H groups in total. The first-order valence-electron chi connectivity index (χ1n) is 8.19. The molecule has 0 fully saturated rings. The summed E-state index contributed by atoms with van der Waals surface area (Å²) in [5.74, 6) is -1.51. The number of ether oxygens (including phenoxy) is 1. The highest BCUT2D eigenvalue weighted by atomic mass is 19.1. The van der Waals surface area contributed by atoms with Crippen molar-refractivity contribution in [2.45, 2.75) is 0 Å². The highest BCUT2D eigenvalue weighted by Gasteiger charge is 2.18. The number of aromatic amines is 1. The Morgan fingerprint density at radius 2 is 1.96 bits per heavy atom. The van der Waals surface area contributed by atoms with Crippen molar-refractivity contribution in [1.82, 2.24) is 14.5 Å². The smallest absolute Gasteiger partial charge is 0.274 e. The van der Waals surface area contributed by atoms with Crippen LogP contribution in [-0.2, 0) is 7.05 Å². The summed E-state index contributed by atoms with van der Waals surface area (Å²) in [4.78, 5) is 19.5. The van der Waals surface area contributed by atoms with Gasteiger partial charge in [-0.25, -0.2) is 13.8 Å². The summed E-state index contributed by atoms with van der Waals surface area (Å²) in [6.07, 6.45) is 3.18. The highest BCUT2D eigenvalue weighted by Crippen LogP contribution is 2.36. The van der Waals surface area contributed by atoms with Crippen molar-refractivity contribution in [3.63, 3.8) is 0 Å². The van der Waals surface area contributed by atoms with Crippen LogP contribution in [0, 0.1) is 11.6 Å². The third-order valence-corrected chi connectivity index (χ3v) is 4.24. The molecule has 0 radical (unpaired) electrons. The molecule has 0 atom stereocenters. The van der Waals surface area contributed by atoms with Crippen molar-refractivity contribution >= 4 is 16.7 Å². The van der Waals surface area contributed by atoms with E-state index < -0.39 is 11.6 Å². The molecule has 1 aromatic carbocycles. The van der Waals surface area contributed by atoms with Gasteiger partial charge in [-0.1, -0.05) is 0 Å². The van der Waals surface area contributed by atoms with Gasteiger partial charge in [0.05, 0.1) is 0 Å². The summed E-state index contributed by atoms with van der Waals surface area (Å²) >= 11 is 0. The summed E-state index contributed by atoms with van der Waals surface area (Å²) in [5, 5.41) is 9.80. The Morgan fingerprint density at radius 1 is 1.18 bits per heavy atom. The lowest BCUT2D eigenvalue weighted by molar-refractivity contribution is 0.385. The minimum Gasteiger partial charge on any atom is -0.452 e. The number of aromatic nitrogens is 3. The maximum Gasteiger partial charge on any atom is 0.274 e. The number of benzene rings is 1. The second-order valence-electron chi connectivity index (χ2n) is 6.06. The van der Waals surface area contributed by atoms with Gasteiger partial charge in [0.25, 0.3) is 5.56 Å². The van der Waals surface area contributed by atoms with E-state index in [0.29, 0.717) is 22.5 Å². The lowest BCUT2D eigenvalue weighted by Crippen LogP contribution is -2.16. The van der Waals surface area contributed by atoms with Gasteiger partial charge < -0.3 is 14.3 Å². The number of nitrogens with one attached hydrogen (secondary N) is 2. The van der Waals surface area contributed by atoms with E-state index in [2.05, 4.69) is 9.97 Å². The Kier molecular flexibility index (Phi) is 4.28. The standard InChI is InChI=1S/C19H14F2N4O3/c1-25-9-12(11-6-7-22-18(11)19(25)26)17-15(4-5-16(23-17)24-27)28-14-3-2-10(20)8-13(14)21/h2-9,22,27H,1H3,(H,23,24). The zero-order valence-electron chi connectivity index (χ0n) is 14.5. The number of halogens is 2. The van der Waals surface area contributed by atoms with E-state index in [-0.39, 0.29) is 28.6 Å². The number of pyridine rings is 2. The van der Waals surface area contributed by atoms with Crippen LogP contribution in [-0.4, -0.2) is 19.7 Å². The van der Waals surface area contributed by atoms with Gasteiger partial charge in [0.2, 0.25) is 0 Å². The van der Waals surface area contributed by atoms with Gasteiger partial charge in [-0.3, -0.25) is 15.5 Å². The Balaban J connectivity index is 1.93. The van der Waals surface area contributed by atoms with E-state index in [1.165, 1.54) is 22.8 Å². The molecule has 9 heteroatoms. The second-order valence-corrected chi connectivity index (χ2v) is 6.06. The number of rotatable bonds is 4. The Morgan fingerprint density at radius 3 is 2.71 bits per heavy atom. The third-order valence-electron chi connectivity index (χ3n) is 4.24. The van der Waals surface area contributed by atoms with Crippen LogP contribution in [0.3, 0.4) is 0 Å². The van der Waals surface area contributed by atoms with Crippen LogP contribution in [0.15, 0.2) is 53.6 Å². The van der Waals surface area contributed by atoms with E-state index in [1.54, 1.807) is 25.5 Å². The van der Waals surface area contributed by atoms with Gasteiger partial charge in [-0.15, -0.1) is 0 Å². The predicted octanol–water partition coefficient (Wildman–Crippen LogP) is 3.80. The van der Waals surface area contributed by atoms with Crippen LogP contribution in [0.25, 0.3) is 22.2 Å². The monoisotopic (exact) mass is 384 g/mol. The zero-order valence-corrected chi connectivity index (χ0v) is 14.5. The largest absolute Gasteiger partial charge is 0.452 e. The first-order chi connectivity index (χ1) is 13.5. The Labute approximate surface area is 156 Å². The van der Waals surface area contributed by atoms with Gasteiger partial charge in [-0.05, 0) is 30.3 Å². The molecular weight excluding hydrogens is 370 g/mol. The van der Waals surface area contributed by atoms with Gasteiger partial charge in [0, 0.05) is 36.5 Å². The second kappa shape index (κ2) is 6.78. The first kappa shape index (κ1) is 17.7. The van der Waals surface area contributed by atoms with Crippen molar-refractivity contribution in [1.29, 1.82) is 0 Å². The molecule has 0 saturated carbocycles. The van der Waals surface area contributed by atoms with Crippen molar-refractivity contribution in [2.75, 3.05) is 5.48 Å². The zero-order chi connectivity index (χ0) is 19.8. The molecule has 0 spiro atoms. The molecule has 0 aliphatic carbocycles. The fraction of sp³-hybridized carbons (Fsp3) is 0.0526. The van der Waals surface area contributed by atoms with Crippen LogP contribution in [0.4, 0.5) is 14.6 Å². The van der Waals surface area contributed by atoms with Gasteiger partial charge in [0.1, 0.15) is 22.8 Å². The third kappa shape index (κ3) is 2.97. The molecule has 28 heavy (non-hydrogen) atoms. The first-order valence-corrected chi connectivity index (χ1v) is 8.19. The minimum atomic E-state index is -0.873. The molecule has 0 aliphatic heterocycles. The summed E-state index contributed by atoms with van der Waals surface area (Å²) in [6, 6.07) is 7.56. The van der Waals surface area contributed by atoms with Crippen LogP contribution < -0.4 is 15.8 Å². The SMILES string of the molecule is Cn1cc(-c2nc(NO)ccc2Oc2ccc(F)cc2F)c2cc[nH]c2c1=O. The molecule has 142 valence electrons. The molecule has 7 nitrogen and oxygen atoms in total. The number of aryl methyl sites for hydroxylation is 1. The predicted molar refractivity (Wildman–Crippen MR) is 98.6 cm³/mol. The number of hydrogen-bond acceptors (Lipinski definition) is 5. The molecule has 0 amide bonds. The highest BCUT2D eigenvalue weighted by molar-refractivity contribution is 5.94. The van der Waals surface area contributed by atoms with Crippen LogP contribution in [0.1, 0.15) is 0 Å². The topological polar surface area (TPSA) is 92.2 Å². The molecule has 0 aliphatic rings. The molecule has 4 rings (SSSR count). The summed E-state index contributed by atoms with van der Waals surface area (Å²) < 4.78 is 34.2. The summed E-state index contributed by atoms with van der Waals surface area (Å²) in [7, 11) is 1.58. The Hall–Kier alpha value is -3.72. The molecule has 0 saturated heterocycles.